The van der Waals surface area contributed by atoms with Gasteiger partial charge >= 0.3 is 5.97 Å². The SMILES string of the molecule is O=C(O)c1ccccc1CCc1cccc(N(c2cccc3ccccc23)S(=O)[O-])c1. The van der Waals surface area contributed by atoms with Gasteiger partial charge in [0, 0.05) is 5.39 Å². The molecule has 0 fully saturated rings. The van der Waals surface area contributed by atoms with Gasteiger partial charge in [-0.05, 0) is 53.6 Å². The molecule has 0 aliphatic carbocycles. The van der Waals surface area contributed by atoms with Crippen LogP contribution in [0.2, 0.25) is 0 Å². The lowest BCUT2D eigenvalue weighted by molar-refractivity contribution is 0.0695. The second-order valence-electron chi connectivity index (χ2n) is 7.14. The highest BCUT2D eigenvalue weighted by Gasteiger charge is 2.14. The van der Waals surface area contributed by atoms with Crippen molar-refractivity contribution in [2.24, 2.45) is 0 Å². The molecule has 31 heavy (non-hydrogen) atoms. The van der Waals surface area contributed by atoms with Crippen molar-refractivity contribution in [1.82, 2.24) is 0 Å². The van der Waals surface area contributed by atoms with Crippen LogP contribution >= 0.6 is 0 Å². The minimum absolute atomic E-state index is 0.289. The predicted octanol–water partition coefficient (Wildman–Crippen LogP) is 5.26. The summed E-state index contributed by atoms with van der Waals surface area (Å²) in [5.74, 6) is -0.951. The molecule has 156 valence electrons. The van der Waals surface area contributed by atoms with E-state index in [1.54, 1.807) is 24.3 Å². The molecule has 1 N–H and O–H groups in total. The van der Waals surface area contributed by atoms with Crippen LogP contribution in [0.15, 0.2) is 91.0 Å². The zero-order valence-electron chi connectivity index (χ0n) is 16.6. The molecule has 0 aliphatic heterocycles. The van der Waals surface area contributed by atoms with E-state index in [4.69, 9.17) is 0 Å². The number of hydrogen-bond donors (Lipinski definition) is 1. The molecule has 0 saturated carbocycles. The molecule has 0 aliphatic rings. The Morgan fingerprint density at radius 1 is 0.871 bits per heavy atom. The van der Waals surface area contributed by atoms with Crippen molar-refractivity contribution < 1.29 is 18.7 Å². The monoisotopic (exact) mass is 430 g/mol. The lowest BCUT2D eigenvalue weighted by Gasteiger charge is -2.28. The minimum atomic E-state index is -2.51. The molecular formula is C25H20NO4S-. The zero-order valence-corrected chi connectivity index (χ0v) is 17.4. The van der Waals surface area contributed by atoms with Gasteiger partial charge in [-0.15, -0.1) is 0 Å². The first-order chi connectivity index (χ1) is 15.0. The minimum Gasteiger partial charge on any atom is -0.755 e. The van der Waals surface area contributed by atoms with E-state index in [0.29, 0.717) is 24.2 Å². The number of hydrogen-bond acceptors (Lipinski definition) is 3. The van der Waals surface area contributed by atoms with Crippen LogP contribution in [0.25, 0.3) is 10.8 Å². The normalized spacial score (nSPS) is 11.9. The lowest BCUT2D eigenvalue weighted by Crippen LogP contribution is -2.20. The molecule has 4 aromatic carbocycles. The number of carbonyl (C=O) groups is 1. The Hall–Kier alpha value is -3.48. The lowest BCUT2D eigenvalue weighted by atomic mass is 9.99. The number of carboxylic acids is 1. The highest BCUT2D eigenvalue weighted by molar-refractivity contribution is 7.81. The number of aryl methyl sites for hydroxylation is 2. The molecule has 4 aromatic rings. The van der Waals surface area contributed by atoms with Gasteiger partial charge in [0.1, 0.15) is 0 Å². The van der Waals surface area contributed by atoms with E-state index < -0.39 is 17.2 Å². The third-order valence-electron chi connectivity index (χ3n) is 5.21. The van der Waals surface area contributed by atoms with Crippen LogP contribution in [0.4, 0.5) is 11.4 Å². The van der Waals surface area contributed by atoms with Gasteiger partial charge < -0.3 is 9.66 Å². The Kier molecular flexibility index (Phi) is 6.11. The van der Waals surface area contributed by atoms with Crippen molar-refractivity contribution in [2.45, 2.75) is 12.8 Å². The topological polar surface area (TPSA) is 80.7 Å². The smallest absolute Gasteiger partial charge is 0.335 e. The van der Waals surface area contributed by atoms with Gasteiger partial charge in [-0.25, -0.2) is 4.79 Å². The maximum Gasteiger partial charge on any atom is 0.335 e. The van der Waals surface area contributed by atoms with Crippen LogP contribution in [0, 0.1) is 0 Å². The van der Waals surface area contributed by atoms with Crippen LogP contribution in [0.3, 0.4) is 0 Å². The van der Waals surface area contributed by atoms with Crippen LogP contribution in [-0.2, 0) is 24.1 Å². The van der Waals surface area contributed by atoms with Gasteiger partial charge in [0.25, 0.3) is 0 Å². The molecule has 0 amide bonds. The summed E-state index contributed by atoms with van der Waals surface area (Å²) in [6.07, 6.45) is 1.13. The van der Waals surface area contributed by atoms with Gasteiger partial charge in [0.15, 0.2) is 0 Å². The van der Waals surface area contributed by atoms with E-state index in [2.05, 4.69) is 0 Å². The Bertz CT molecular complexity index is 1270. The molecule has 4 rings (SSSR count). The quantitative estimate of drug-likeness (QED) is 0.406. The highest BCUT2D eigenvalue weighted by atomic mass is 32.2. The van der Waals surface area contributed by atoms with Crippen LogP contribution < -0.4 is 4.31 Å². The number of nitrogens with zero attached hydrogens (tertiary/aromatic N) is 1. The summed E-state index contributed by atoms with van der Waals surface area (Å²) in [5, 5.41) is 11.2. The van der Waals surface area contributed by atoms with Crippen molar-refractivity contribution >= 4 is 39.4 Å². The maximum atomic E-state index is 12.2. The maximum absolute atomic E-state index is 12.2. The third kappa shape index (κ3) is 4.50. The van der Waals surface area contributed by atoms with Gasteiger partial charge in [-0.2, -0.15) is 0 Å². The fourth-order valence-electron chi connectivity index (χ4n) is 3.76. The summed E-state index contributed by atoms with van der Waals surface area (Å²) in [4.78, 5) is 11.4. The van der Waals surface area contributed by atoms with Crippen molar-refractivity contribution in [1.29, 1.82) is 0 Å². The number of fused-ring (bicyclic) bond motifs is 1. The van der Waals surface area contributed by atoms with Crippen LogP contribution in [0.1, 0.15) is 21.5 Å². The first-order valence-corrected chi connectivity index (χ1v) is 10.8. The first-order valence-electron chi connectivity index (χ1n) is 9.82. The zero-order chi connectivity index (χ0) is 21.8. The van der Waals surface area contributed by atoms with Crippen molar-refractivity contribution in [2.75, 3.05) is 4.31 Å². The van der Waals surface area contributed by atoms with E-state index >= 15 is 0 Å². The summed E-state index contributed by atoms with van der Waals surface area (Å²) in [6.45, 7) is 0. The second-order valence-corrected chi connectivity index (χ2v) is 7.94. The highest BCUT2D eigenvalue weighted by Crippen LogP contribution is 2.33. The van der Waals surface area contributed by atoms with Crippen molar-refractivity contribution in [3.8, 4) is 0 Å². The molecular weight excluding hydrogens is 410 g/mol. The predicted molar refractivity (Wildman–Crippen MR) is 122 cm³/mol. The summed E-state index contributed by atoms with van der Waals surface area (Å²) in [7, 11) is 0. The van der Waals surface area contributed by atoms with Crippen molar-refractivity contribution in [3.63, 3.8) is 0 Å². The number of rotatable bonds is 7. The molecule has 0 bridgehead atoms. The first kappa shape index (κ1) is 20.8. The summed E-state index contributed by atoms with van der Waals surface area (Å²) >= 11 is -2.51. The largest absolute Gasteiger partial charge is 0.755 e. The third-order valence-corrected chi connectivity index (χ3v) is 5.92. The molecule has 0 spiro atoms. The fraction of sp³-hybridized carbons (Fsp3) is 0.0800. The Morgan fingerprint density at radius 2 is 1.58 bits per heavy atom. The Labute approximate surface area is 183 Å². The average molecular weight is 431 g/mol. The van der Waals surface area contributed by atoms with E-state index in [-0.39, 0.29) is 5.56 Å². The average Bonchev–Trinajstić information content (AvgIpc) is 2.78. The van der Waals surface area contributed by atoms with E-state index in [1.165, 1.54) is 4.31 Å². The second kappa shape index (κ2) is 9.12. The van der Waals surface area contributed by atoms with E-state index in [0.717, 1.165) is 21.9 Å². The molecule has 0 heterocycles. The standard InChI is InChI=1S/C25H21NO4S/c27-25(28)23-13-4-2-9-20(23)16-15-18-7-5-11-21(17-18)26(31(29)30)24-14-6-10-19-8-1-3-12-22(19)24/h1-14,17H,15-16H2,(H,27,28)(H,29,30)/p-1. The molecule has 1 unspecified atom stereocenters. The number of benzene rings is 4. The van der Waals surface area contributed by atoms with Crippen molar-refractivity contribution in [3.05, 3.63) is 108 Å². The molecule has 0 radical (unpaired) electrons. The molecule has 5 nitrogen and oxygen atoms in total. The molecule has 0 aromatic heterocycles. The van der Waals surface area contributed by atoms with Gasteiger partial charge in [-0.3, -0.25) is 8.51 Å². The summed E-state index contributed by atoms with van der Waals surface area (Å²) < 4.78 is 25.7. The van der Waals surface area contributed by atoms with Gasteiger partial charge in [0.2, 0.25) is 0 Å². The number of aromatic carboxylic acids is 1. The van der Waals surface area contributed by atoms with Gasteiger partial charge in [-0.1, -0.05) is 66.7 Å². The van der Waals surface area contributed by atoms with E-state index in [9.17, 15) is 18.7 Å². The van der Waals surface area contributed by atoms with Gasteiger partial charge in [0.05, 0.1) is 28.2 Å². The summed E-state index contributed by atoms with van der Waals surface area (Å²) in [5.41, 5.74) is 3.08. The van der Waals surface area contributed by atoms with Crippen LogP contribution in [0.5, 0.6) is 0 Å². The Balaban J connectivity index is 1.66. The van der Waals surface area contributed by atoms with Crippen LogP contribution in [-0.4, -0.2) is 19.8 Å². The molecule has 1 atom stereocenters. The molecule has 0 saturated heterocycles. The van der Waals surface area contributed by atoms with E-state index in [1.807, 2.05) is 66.7 Å². The Morgan fingerprint density at radius 3 is 2.39 bits per heavy atom. The fourth-order valence-corrected chi connectivity index (χ4v) is 4.36. The summed E-state index contributed by atoms with van der Waals surface area (Å²) in [6, 6.07) is 27.5. The number of carboxylic acid groups (broad SMARTS) is 1. The number of anilines is 2. The molecule has 6 heteroatoms.